The number of benzene rings is 1. The fourth-order valence-corrected chi connectivity index (χ4v) is 2.16. The number of carbonyl (C=O) groups is 1. The number of alkyl halides is 3. The first-order valence-corrected chi connectivity index (χ1v) is 6.63. The van der Waals surface area contributed by atoms with Crippen LogP contribution in [0.5, 0.6) is 0 Å². The van der Waals surface area contributed by atoms with E-state index in [0.29, 0.717) is 0 Å². The molecular weight excluding hydrogens is 301 g/mol. The molecule has 8 heteroatoms. The minimum atomic E-state index is -5.08. The van der Waals surface area contributed by atoms with E-state index >= 15 is 0 Å². The minimum Gasteiger partial charge on any atom is -0.378 e. The molecule has 0 aromatic heterocycles. The Hall–Kier alpha value is -1.93. The number of halogens is 3. The third kappa shape index (κ3) is 2.71. The van der Waals surface area contributed by atoms with Gasteiger partial charge in [0.05, 0.1) is 0 Å². The topological polar surface area (TPSA) is 73.1 Å². The summed E-state index contributed by atoms with van der Waals surface area (Å²) < 4.78 is 39.4. The molecule has 0 unspecified atom stereocenters. The molecular formula is C14H15F3N2O3. The van der Waals surface area contributed by atoms with E-state index in [1.807, 2.05) is 0 Å². The van der Waals surface area contributed by atoms with Gasteiger partial charge in [0, 0.05) is 12.1 Å². The molecule has 2 atom stereocenters. The van der Waals surface area contributed by atoms with Gasteiger partial charge < -0.3 is 10.2 Å². The van der Waals surface area contributed by atoms with Crippen LogP contribution < -0.4 is 0 Å². The van der Waals surface area contributed by atoms with Gasteiger partial charge in [0.15, 0.2) is 6.10 Å². The smallest absolute Gasteiger partial charge is 0.378 e. The molecule has 1 amide bonds. The molecule has 120 valence electrons. The van der Waals surface area contributed by atoms with Crippen molar-refractivity contribution in [3.63, 3.8) is 0 Å². The monoisotopic (exact) mass is 316 g/mol. The molecule has 2 N–H and O–H groups in total. The summed E-state index contributed by atoms with van der Waals surface area (Å²) in [4.78, 5) is 12.2. The number of aliphatic hydroxyl groups is 2. The minimum absolute atomic E-state index is 0.0356. The molecule has 0 radical (unpaired) electrons. The molecule has 0 bridgehead atoms. The van der Waals surface area contributed by atoms with Crippen LogP contribution in [0.1, 0.15) is 31.4 Å². The second-order valence-corrected chi connectivity index (χ2v) is 4.97. The van der Waals surface area contributed by atoms with Gasteiger partial charge in [-0.05, 0) is 12.0 Å². The third-order valence-electron chi connectivity index (χ3n) is 3.46. The van der Waals surface area contributed by atoms with Crippen LogP contribution in [0.2, 0.25) is 0 Å². The van der Waals surface area contributed by atoms with E-state index in [4.69, 9.17) is 0 Å². The number of hydrogen-bond acceptors (Lipinski definition) is 4. The zero-order chi connectivity index (χ0) is 16.5. The van der Waals surface area contributed by atoms with Crippen LogP contribution in [-0.2, 0) is 4.79 Å². The van der Waals surface area contributed by atoms with Crippen molar-refractivity contribution >= 4 is 11.6 Å². The molecule has 0 spiro atoms. The highest BCUT2D eigenvalue weighted by atomic mass is 19.4. The first kappa shape index (κ1) is 16.4. The van der Waals surface area contributed by atoms with Crippen molar-refractivity contribution in [1.82, 2.24) is 5.01 Å². The Bertz CT molecular complexity index is 589. The van der Waals surface area contributed by atoms with Gasteiger partial charge in [0.1, 0.15) is 0 Å². The lowest BCUT2D eigenvalue weighted by molar-refractivity contribution is -0.303. The summed E-state index contributed by atoms with van der Waals surface area (Å²) in [6.45, 7) is 1.57. The van der Waals surface area contributed by atoms with Crippen LogP contribution in [-0.4, -0.2) is 38.7 Å². The second kappa shape index (κ2) is 5.69. The van der Waals surface area contributed by atoms with Crippen LogP contribution in [0.4, 0.5) is 13.2 Å². The lowest BCUT2D eigenvalue weighted by Crippen LogP contribution is -2.57. The summed E-state index contributed by atoms with van der Waals surface area (Å²) >= 11 is 0. The summed E-state index contributed by atoms with van der Waals surface area (Å²) in [5.74, 6) is -1.32. The average Bonchev–Trinajstić information content (AvgIpc) is 2.85. The van der Waals surface area contributed by atoms with Crippen molar-refractivity contribution < 1.29 is 28.2 Å². The maximum absolute atomic E-state index is 13.1. The first-order valence-electron chi connectivity index (χ1n) is 6.63. The number of rotatable bonds is 3. The lowest BCUT2D eigenvalue weighted by atomic mass is 10.0. The molecule has 1 aromatic carbocycles. The quantitative estimate of drug-likeness (QED) is 0.895. The Balaban J connectivity index is 2.35. The highest BCUT2D eigenvalue weighted by Gasteiger charge is 2.63. The van der Waals surface area contributed by atoms with E-state index in [1.54, 1.807) is 13.0 Å². The Kier molecular flexibility index (Phi) is 4.25. The highest BCUT2D eigenvalue weighted by molar-refractivity contribution is 5.92. The van der Waals surface area contributed by atoms with Gasteiger partial charge in [-0.3, -0.25) is 4.79 Å². The van der Waals surface area contributed by atoms with Crippen LogP contribution >= 0.6 is 0 Å². The Morgan fingerprint density at radius 2 is 2.00 bits per heavy atom. The molecule has 1 heterocycles. The summed E-state index contributed by atoms with van der Waals surface area (Å²) in [6.07, 6.45) is -7.58. The average molecular weight is 316 g/mol. The van der Waals surface area contributed by atoms with Gasteiger partial charge in [-0.1, -0.05) is 37.3 Å². The van der Waals surface area contributed by atoms with Crippen LogP contribution in [0, 0.1) is 0 Å². The number of aliphatic hydroxyl groups excluding tert-OH is 1. The van der Waals surface area contributed by atoms with E-state index in [9.17, 15) is 28.2 Å². The first-order chi connectivity index (χ1) is 10.2. The van der Waals surface area contributed by atoms with E-state index < -0.39 is 30.3 Å². The van der Waals surface area contributed by atoms with Crippen molar-refractivity contribution in [2.45, 2.75) is 37.8 Å². The maximum Gasteiger partial charge on any atom is 0.438 e. The summed E-state index contributed by atoms with van der Waals surface area (Å²) in [5.41, 5.74) is -3.27. The normalized spacial score (nSPS) is 23.4. The summed E-state index contributed by atoms with van der Waals surface area (Å²) in [6, 6.07) is 7.50. The molecule has 1 aliphatic heterocycles. The standard InChI is InChI=1S/C14H15F3N2O3/c1-2-10-8-13(22,14(15,16)17)19(18-10)12(21)11(20)9-6-4-3-5-7-9/h3-7,11,20,22H,2,8H2,1H3/t11-,13+/m1/s1. The van der Waals surface area contributed by atoms with E-state index in [-0.39, 0.29) is 22.7 Å². The van der Waals surface area contributed by atoms with Gasteiger partial charge in [-0.25, -0.2) is 0 Å². The lowest BCUT2D eigenvalue weighted by Gasteiger charge is -2.33. The van der Waals surface area contributed by atoms with Gasteiger partial charge >= 0.3 is 6.18 Å². The van der Waals surface area contributed by atoms with Crippen molar-refractivity contribution in [3.05, 3.63) is 35.9 Å². The fourth-order valence-electron chi connectivity index (χ4n) is 2.16. The zero-order valence-electron chi connectivity index (χ0n) is 11.7. The molecule has 1 aromatic rings. The van der Waals surface area contributed by atoms with Crippen molar-refractivity contribution in [3.8, 4) is 0 Å². The van der Waals surface area contributed by atoms with E-state index in [1.165, 1.54) is 24.3 Å². The predicted octanol–water partition coefficient (Wildman–Crippen LogP) is 1.97. The zero-order valence-corrected chi connectivity index (χ0v) is 11.7. The van der Waals surface area contributed by atoms with Crippen LogP contribution in [0.25, 0.3) is 0 Å². The van der Waals surface area contributed by atoms with Crippen molar-refractivity contribution in [1.29, 1.82) is 0 Å². The molecule has 0 fully saturated rings. The van der Waals surface area contributed by atoms with E-state index in [2.05, 4.69) is 5.10 Å². The van der Waals surface area contributed by atoms with Crippen molar-refractivity contribution in [2.75, 3.05) is 0 Å². The number of carbonyl (C=O) groups excluding carboxylic acids is 1. The highest BCUT2D eigenvalue weighted by Crippen LogP contribution is 2.41. The van der Waals surface area contributed by atoms with Crippen LogP contribution in [0.15, 0.2) is 35.4 Å². The molecule has 5 nitrogen and oxygen atoms in total. The SMILES string of the molecule is CCC1=NN(C(=O)[C@H](O)c2ccccc2)[C@@](O)(C(F)(F)F)C1. The molecule has 1 aliphatic rings. The number of amides is 1. The summed E-state index contributed by atoms with van der Waals surface area (Å²) in [5, 5.41) is 23.4. The third-order valence-corrected chi connectivity index (χ3v) is 3.46. The molecule has 0 saturated carbocycles. The molecule has 22 heavy (non-hydrogen) atoms. The molecule has 0 aliphatic carbocycles. The Morgan fingerprint density at radius 1 is 1.41 bits per heavy atom. The second-order valence-electron chi connectivity index (χ2n) is 4.97. The molecule has 2 rings (SSSR count). The predicted molar refractivity (Wildman–Crippen MR) is 71.6 cm³/mol. The molecule has 0 saturated heterocycles. The van der Waals surface area contributed by atoms with Gasteiger partial charge in [0.2, 0.25) is 0 Å². The Morgan fingerprint density at radius 3 is 2.50 bits per heavy atom. The van der Waals surface area contributed by atoms with Crippen molar-refractivity contribution in [2.24, 2.45) is 5.10 Å². The maximum atomic E-state index is 13.1. The van der Waals surface area contributed by atoms with Gasteiger partial charge in [0.25, 0.3) is 11.6 Å². The number of nitrogens with zero attached hydrogens (tertiary/aromatic N) is 2. The Labute approximate surface area is 124 Å². The van der Waals surface area contributed by atoms with E-state index in [0.717, 1.165) is 0 Å². The van der Waals surface area contributed by atoms with Crippen LogP contribution in [0.3, 0.4) is 0 Å². The van der Waals surface area contributed by atoms with Gasteiger partial charge in [-0.15, -0.1) is 0 Å². The van der Waals surface area contributed by atoms with Gasteiger partial charge in [-0.2, -0.15) is 23.3 Å². The fraction of sp³-hybridized carbons (Fsp3) is 0.429. The number of hydrazone groups is 1. The summed E-state index contributed by atoms with van der Waals surface area (Å²) in [7, 11) is 0. The largest absolute Gasteiger partial charge is 0.438 e. The number of hydrogen-bond donors (Lipinski definition) is 2.